The van der Waals surface area contributed by atoms with Crippen LogP contribution in [0.4, 0.5) is 0 Å². The fraction of sp³-hybridized carbons (Fsp3) is 0.130. The van der Waals surface area contributed by atoms with Crippen LogP contribution in [0.25, 0.3) is 10.8 Å². The second-order valence-corrected chi connectivity index (χ2v) is 7.28. The third-order valence-corrected chi connectivity index (χ3v) is 5.18. The number of rotatable bonds is 4. The van der Waals surface area contributed by atoms with Crippen LogP contribution >= 0.6 is 0 Å². The van der Waals surface area contributed by atoms with Crippen LogP contribution in [0.3, 0.4) is 0 Å². The van der Waals surface area contributed by atoms with Gasteiger partial charge in [0.15, 0.2) is 11.5 Å². The lowest BCUT2D eigenvalue weighted by atomic mass is 10.1. The van der Waals surface area contributed by atoms with Gasteiger partial charge < -0.3 is 24.1 Å². The molecule has 2 N–H and O–H groups in total. The second kappa shape index (κ2) is 8.15. The summed E-state index contributed by atoms with van der Waals surface area (Å²) in [5, 5.41) is 28.6. The van der Waals surface area contributed by atoms with E-state index in [1.54, 1.807) is 36.4 Å². The van der Waals surface area contributed by atoms with Gasteiger partial charge in [-0.05, 0) is 42.5 Å². The fourth-order valence-corrected chi connectivity index (χ4v) is 3.51. The van der Waals surface area contributed by atoms with Crippen LogP contribution in [0, 0.1) is 0 Å². The maximum absolute atomic E-state index is 12.5. The molecule has 10 nitrogen and oxygen atoms in total. The van der Waals surface area contributed by atoms with Crippen LogP contribution < -0.4 is 9.47 Å². The zero-order valence-corrected chi connectivity index (χ0v) is 17.0. The van der Waals surface area contributed by atoms with Gasteiger partial charge in [0.25, 0.3) is 5.91 Å². The van der Waals surface area contributed by atoms with Gasteiger partial charge in [-0.2, -0.15) is 0 Å². The summed E-state index contributed by atoms with van der Waals surface area (Å²) in [6.45, 7) is 0.0504. The number of amides is 2. The van der Waals surface area contributed by atoms with Gasteiger partial charge in [-0.1, -0.05) is 12.1 Å². The lowest BCUT2D eigenvalue weighted by molar-refractivity contribution is -0.127. The van der Waals surface area contributed by atoms with Gasteiger partial charge in [-0.25, -0.2) is 0 Å². The molecule has 2 aromatic carbocycles. The molecule has 33 heavy (non-hydrogen) atoms. The monoisotopic (exact) mass is 447 g/mol. The van der Waals surface area contributed by atoms with Crippen molar-refractivity contribution in [3.8, 4) is 23.3 Å². The quantitative estimate of drug-likeness (QED) is 0.456. The van der Waals surface area contributed by atoms with E-state index in [1.165, 1.54) is 29.0 Å². The van der Waals surface area contributed by atoms with E-state index < -0.39 is 17.9 Å². The molecule has 4 aromatic rings. The molecule has 1 atom stereocenters. The van der Waals surface area contributed by atoms with Crippen molar-refractivity contribution >= 4 is 22.6 Å². The first-order chi connectivity index (χ1) is 16.0. The largest absolute Gasteiger partial charge is 0.494 e. The van der Waals surface area contributed by atoms with E-state index in [9.17, 15) is 19.8 Å². The van der Waals surface area contributed by atoms with Crippen molar-refractivity contribution < 1.29 is 33.7 Å². The summed E-state index contributed by atoms with van der Waals surface area (Å²) in [7, 11) is 0. The SMILES string of the molecule is O=C(N=NC(=O)C1COc2ccccc2O1)c1ccc2c(O)n(Cc3ccco3)c(O)c2c1. The number of nitrogens with zero attached hydrogens (tertiary/aromatic N) is 3. The Morgan fingerprint density at radius 3 is 2.55 bits per heavy atom. The summed E-state index contributed by atoms with van der Waals surface area (Å²) in [4.78, 5) is 24.8. The van der Waals surface area contributed by atoms with Gasteiger partial charge in [0.2, 0.25) is 17.9 Å². The van der Waals surface area contributed by atoms with Gasteiger partial charge in [0.05, 0.1) is 12.8 Å². The Hall–Kier alpha value is -4.60. The zero-order valence-electron chi connectivity index (χ0n) is 17.0. The standard InChI is InChI=1S/C23H17N3O7/c27-20(24-25-21(28)19-12-32-17-5-1-2-6-18(17)33-19)13-7-8-15-16(10-13)23(30)26(22(15)29)11-14-4-3-9-31-14/h1-10,19,29-30H,11-12H2. The second-order valence-electron chi connectivity index (χ2n) is 7.28. The number of hydrogen-bond donors (Lipinski definition) is 2. The minimum absolute atomic E-state index is 0.0502. The Morgan fingerprint density at radius 1 is 0.970 bits per heavy atom. The molecule has 166 valence electrons. The molecular formula is C23H17N3O7. The molecule has 2 aromatic heterocycles. The van der Waals surface area contributed by atoms with E-state index in [0.29, 0.717) is 22.6 Å². The average Bonchev–Trinajstić information content (AvgIpc) is 3.44. The zero-order chi connectivity index (χ0) is 22.9. The molecule has 0 saturated heterocycles. The van der Waals surface area contributed by atoms with Gasteiger partial charge >= 0.3 is 5.91 Å². The van der Waals surface area contributed by atoms with E-state index in [0.717, 1.165) is 0 Å². The number of azo groups is 1. The summed E-state index contributed by atoms with van der Waals surface area (Å²) < 4.78 is 17.5. The van der Waals surface area contributed by atoms with E-state index in [4.69, 9.17) is 13.9 Å². The molecule has 1 unspecified atom stereocenters. The molecule has 0 aliphatic carbocycles. The molecule has 5 rings (SSSR count). The third-order valence-electron chi connectivity index (χ3n) is 5.18. The number of benzene rings is 2. The fourth-order valence-electron chi connectivity index (χ4n) is 3.51. The van der Waals surface area contributed by atoms with Crippen LogP contribution in [-0.2, 0) is 11.3 Å². The van der Waals surface area contributed by atoms with Crippen molar-refractivity contribution in [2.45, 2.75) is 12.6 Å². The van der Waals surface area contributed by atoms with E-state index in [1.807, 2.05) is 0 Å². The van der Waals surface area contributed by atoms with Crippen LogP contribution in [0.1, 0.15) is 16.1 Å². The first kappa shape index (κ1) is 20.3. The summed E-state index contributed by atoms with van der Waals surface area (Å²) in [5.41, 5.74) is 0.0793. The molecule has 0 radical (unpaired) electrons. The number of carbonyl (C=O) groups is 2. The van der Waals surface area contributed by atoms with Crippen molar-refractivity contribution in [3.05, 3.63) is 72.2 Å². The number of aromatic nitrogens is 1. The van der Waals surface area contributed by atoms with E-state index in [2.05, 4.69) is 10.2 Å². The number of hydrogen-bond acceptors (Lipinski definition) is 7. The van der Waals surface area contributed by atoms with Crippen molar-refractivity contribution in [3.63, 3.8) is 0 Å². The van der Waals surface area contributed by atoms with Crippen LogP contribution in [0.5, 0.6) is 23.3 Å². The smallest absolute Gasteiger partial charge is 0.308 e. The number of furan rings is 1. The molecule has 10 heteroatoms. The summed E-state index contributed by atoms with van der Waals surface area (Å²) in [5.74, 6) is -0.518. The maximum atomic E-state index is 12.5. The number of aromatic hydroxyl groups is 2. The van der Waals surface area contributed by atoms with E-state index in [-0.39, 0.29) is 35.9 Å². The molecule has 0 saturated carbocycles. The van der Waals surface area contributed by atoms with Gasteiger partial charge in [-0.3, -0.25) is 14.2 Å². The van der Waals surface area contributed by atoms with Crippen molar-refractivity contribution in [1.82, 2.24) is 4.57 Å². The first-order valence-corrected chi connectivity index (χ1v) is 9.96. The number of ether oxygens (including phenoxy) is 2. The lowest BCUT2D eigenvalue weighted by Crippen LogP contribution is -2.35. The third kappa shape index (κ3) is 3.78. The first-order valence-electron chi connectivity index (χ1n) is 9.96. The minimum Gasteiger partial charge on any atom is -0.494 e. The van der Waals surface area contributed by atoms with Crippen molar-refractivity contribution in [1.29, 1.82) is 0 Å². The van der Waals surface area contributed by atoms with Crippen molar-refractivity contribution in [2.24, 2.45) is 10.2 Å². The highest BCUT2D eigenvalue weighted by Crippen LogP contribution is 2.37. The van der Waals surface area contributed by atoms with E-state index >= 15 is 0 Å². The number of carbonyl (C=O) groups excluding carboxylic acids is 2. The summed E-state index contributed by atoms with van der Waals surface area (Å²) in [6, 6.07) is 14.6. The van der Waals surface area contributed by atoms with Gasteiger partial charge in [0.1, 0.15) is 12.4 Å². The Bertz CT molecular complexity index is 1390. The molecule has 1 aliphatic rings. The topological polar surface area (TPSA) is 136 Å². The van der Waals surface area contributed by atoms with Crippen LogP contribution in [-0.4, -0.2) is 39.3 Å². The molecule has 2 amide bonds. The maximum Gasteiger partial charge on any atom is 0.308 e. The predicted molar refractivity (Wildman–Crippen MR) is 114 cm³/mol. The highest BCUT2D eigenvalue weighted by atomic mass is 16.6. The highest BCUT2D eigenvalue weighted by Gasteiger charge is 2.27. The normalized spacial score (nSPS) is 15.2. The Balaban J connectivity index is 1.34. The predicted octanol–water partition coefficient (Wildman–Crippen LogP) is 3.65. The van der Waals surface area contributed by atoms with Crippen LogP contribution in [0.2, 0.25) is 0 Å². The van der Waals surface area contributed by atoms with Crippen LogP contribution in [0.15, 0.2) is 75.5 Å². The molecular weight excluding hydrogens is 430 g/mol. The highest BCUT2D eigenvalue weighted by molar-refractivity contribution is 6.02. The Morgan fingerprint density at radius 2 is 1.76 bits per heavy atom. The lowest BCUT2D eigenvalue weighted by Gasteiger charge is -2.23. The summed E-state index contributed by atoms with van der Waals surface area (Å²) in [6.07, 6.45) is 0.467. The minimum atomic E-state index is -1.02. The van der Waals surface area contributed by atoms with Gasteiger partial charge in [0, 0.05) is 16.3 Å². The summed E-state index contributed by atoms with van der Waals surface area (Å²) >= 11 is 0. The molecule has 0 bridgehead atoms. The Kier molecular flexibility index (Phi) is 5.02. The molecule has 0 spiro atoms. The molecule has 0 fully saturated rings. The number of fused-ring (bicyclic) bond motifs is 2. The Labute approximate surface area is 186 Å². The molecule has 1 aliphatic heterocycles. The van der Waals surface area contributed by atoms with Gasteiger partial charge in [-0.15, -0.1) is 10.2 Å². The van der Waals surface area contributed by atoms with Crippen molar-refractivity contribution in [2.75, 3.05) is 6.61 Å². The average molecular weight is 447 g/mol. The number of para-hydroxylation sites is 2. The molecule has 3 heterocycles.